The van der Waals surface area contributed by atoms with Crippen LogP contribution in [0.3, 0.4) is 0 Å². The van der Waals surface area contributed by atoms with E-state index < -0.39 is 0 Å². The highest BCUT2D eigenvalue weighted by Gasteiger charge is 2.27. The van der Waals surface area contributed by atoms with Gasteiger partial charge in [0, 0.05) is 25.0 Å². The van der Waals surface area contributed by atoms with Gasteiger partial charge in [-0.25, -0.2) is 0 Å². The van der Waals surface area contributed by atoms with Crippen molar-refractivity contribution in [2.24, 2.45) is 11.7 Å². The number of aromatic nitrogens is 2. The van der Waals surface area contributed by atoms with Crippen molar-refractivity contribution in [2.75, 3.05) is 13.1 Å². The number of nitrogens with zero attached hydrogens (tertiary/aromatic N) is 3. The fraction of sp³-hybridized carbons (Fsp3) is 0.818. The molecule has 16 heavy (non-hydrogen) atoms. The van der Waals surface area contributed by atoms with Crippen LogP contribution in [0.5, 0.6) is 0 Å². The summed E-state index contributed by atoms with van der Waals surface area (Å²) in [5.74, 6) is 2.33. The Morgan fingerprint density at radius 1 is 1.50 bits per heavy atom. The fourth-order valence-electron chi connectivity index (χ4n) is 1.99. The fourth-order valence-corrected chi connectivity index (χ4v) is 1.99. The Labute approximate surface area is 96.0 Å². The summed E-state index contributed by atoms with van der Waals surface area (Å²) >= 11 is 0. The molecule has 1 aliphatic heterocycles. The summed E-state index contributed by atoms with van der Waals surface area (Å²) in [5, 5.41) is 3.98. The smallest absolute Gasteiger partial charge is 0.229 e. The zero-order chi connectivity index (χ0) is 11.7. The number of nitrogens with two attached hydrogens (primary N) is 1. The van der Waals surface area contributed by atoms with Crippen molar-refractivity contribution in [3.8, 4) is 0 Å². The third kappa shape index (κ3) is 2.41. The van der Waals surface area contributed by atoms with E-state index in [2.05, 4.69) is 22.0 Å². The van der Waals surface area contributed by atoms with Crippen LogP contribution < -0.4 is 5.73 Å². The van der Waals surface area contributed by atoms with Crippen molar-refractivity contribution in [1.29, 1.82) is 0 Å². The molecule has 1 fully saturated rings. The van der Waals surface area contributed by atoms with E-state index in [0.717, 1.165) is 25.5 Å². The van der Waals surface area contributed by atoms with E-state index in [4.69, 9.17) is 10.3 Å². The summed E-state index contributed by atoms with van der Waals surface area (Å²) in [7, 11) is 0. The SMILES string of the molecule is CC(C)c1nc(CN2CC(C)C(N)C2)no1. The molecule has 90 valence electrons. The minimum atomic E-state index is 0.275. The van der Waals surface area contributed by atoms with Crippen LogP contribution in [0.25, 0.3) is 0 Å². The van der Waals surface area contributed by atoms with Crippen molar-refractivity contribution >= 4 is 0 Å². The maximum atomic E-state index is 5.97. The summed E-state index contributed by atoms with van der Waals surface area (Å²) in [6.45, 7) is 8.96. The van der Waals surface area contributed by atoms with Crippen LogP contribution in [0.1, 0.15) is 38.4 Å². The highest BCUT2D eigenvalue weighted by molar-refractivity contribution is 4.93. The molecule has 0 bridgehead atoms. The molecule has 5 heteroatoms. The molecule has 0 aliphatic carbocycles. The van der Waals surface area contributed by atoms with Gasteiger partial charge < -0.3 is 10.3 Å². The molecule has 2 N–H and O–H groups in total. The van der Waals surface area contributed by atoms with E-state index in [0.29, 0.717) is 17.7 Å². The Morgan fingerprint density at radius 2 is 2.25 bits per heavy atom. The lowest BCUT2D eigenvalue weighted by Gasteiger charge is -2.11. The maximum absolute atomic E-state index is 5.97. The Balaban J connectivity index is 1.94. The summed E-state index contributed by atoms with van der Waals surface area (Å²) in [6, 6.07) is 0.275. The second kappa shape index (κ2) is 4.51. The molecule has 0 spiro atoms. The minimum absolute atomic E-state index is 0.275. The molecule has 0 aromatic carbocycles. The molecule has 2 atom stereocenters. The molecule has 2 rings (SSSR count). The molecular weight excluding hydrogens is 204 g/mol. The highest BCUT2D eigenvalue weighted by atomic mass is 16.5. The van der Waals surface area contributed by atoms with Gasteiger partial charge in [0.25, 0.3) is 0 Å². The summed E-state index contributed by atoms with van der Waals surface area (Å²) < 4.78 is 5.17. The van der Waals surface area contributed by atoms with Gasteiger partial charge in [-0.05, 0) is 5.92 Å². The van der Waals surface area contributed by atoms with Crippen LogP contribution in [0.2, 0.25) is 0 Å². The first-order valence-corrected chi connectivity index (χ1v) is 5.86. The number of hydrogen-bond donors (Lipinski definition) is 1. The lowest BCUT2D eigenvalue weighted by Crippen LogP contribution is -2.28. The van der Waals surface area contributed by atoms with Crippen molar-refractivity contribution in [3.05, 3.63) is 11.7 Å². The van der Waals surface area contributed by atoms with E-state index in [1.165, 1.54) is 0 Å². The maximum Gasteiger partial charge on any atom is 0.229 e. The molecular formula is C11H20N4O. The molecule has 1 aromatic rings. The van der Waals surface area contributed by atoms with E-state index in [9.17, 15) is 0 Å². The van der Waals surface area contributed by atoms with Crippen LogP contribution in [-0.2, 0) is 6.54 Å². The lowest BCUT2D eigenvalue weighted by molar-refractivity contribution is 0.299. The number of rotatable bonds is 3. The van der Waals surface area contributed by atoms with Gasteiger partial charge in [0.1, 0.15) is 0 Å². The van der Waals surface area contributed by atoms with Crippen LogP contribution in [-0.4, -0.2) is 34.2 Å². The Hall–Kier alpha value is -0.940. The van der Waals surface area contributed by atoms with Gasteiger partial charge in [-0.1, -0.05) is 25.9 Å². The van der Waals surface area contributed by atoms with Gasteiger partial charge >= 0.3 is 0 Å². The van der Waals surface area contributed by atoms with Gasteiger partial charge in [0.2, 0.25) is 5.89 Å². The first kappa shape index (κ1) is 11.5. The topological polar surface area (TPSA) is 68.2 Å². The van der Waals surface area contributed by atoms with Crippen molar-refractivity contribution < 1.29 is 4.52 Å². The third-order valence-electron chi connectivity index (χ3n) is 3.09. The minimum Gasteiger partial charge on any atom is -0.339 e. The Bertz CT molecular complexity index is 340. The van der Waals surface area contributed by atoms with Crippen LogP contribution in [0.4, 0.5) is 0 Å². The van der Waals surface area contributed by atoms with E-state index in [1.54, 1.807) is 0 Å². The molecule has 2 heterocycles. The average Bonchev–Trinajstić information content (AvgIpc) is 2.76. The molecule has 5 nitrogen and oxygen atoms in total. The van der Waals surface area contributed by atoms with E-state index in [-0.39, 0.29) is 6.04 Å². The van der Waals surface area contributed by atoms with Crippen LogP contribution >= 0.6 is 0 Å². The molecule has 0 saturated carbocycles. The second-order valence-electron chi connectivity index (χ2n) is 5.04. The van der Waals surface area contributed by atoms with E-state index >= 15 is 0 Å². The third-order valence-corrected chi connectivity index (χ3v) is 3.09. The standard InChI is InChI=1S/C11H20N4O/c1-7(2)11-13-10(14-16-11)6-15-4-8(3)9(12)5-15/h7-9H,4-6,12H2,1-3H3. The first-order valence-electron chi connectivity index (χ1n) is 5.86. The predicted octanol–water partition coefficient (Wildman–Crippen LogP) is 0.972. The monoisotopic (exact) mass is 224 g/mol. The van der Waals surface area contributed by atoms with Gasteiger partial charge in [-0.2, -0.15) is 4.98 Å². The largest absolute Gasteiger partial charge is 0.339 e. The van der Waals surface area contributed by atoms with Gasteiger partial charge in [-0.3, -0.25) is 4.90 Å². The van der Waals surface area contributed by atoms with E-state index in [1.807, 2.05) is 13.8 Å². The zero-order valence-electron chi connectivity index (χ0n) is 10.2. The van der Waals surface area contributed by atoms with Gasteiger partial charge in [-0.15, -0.1) is 0 Å². The zero-order valence-corrected chi connectivity index (χ0v) is 10.2. The molecule has 0 amide bonds. The van der Waals surface area contributed by atoms with Crippen molar-refractivity contribution in [3.63, 3.8) is 0 Å². The normalized spacial score (nSPS) is 26.8. The summed E-state index contributed by atoms with van der Waals surface area (Å²) in [5.41, 5.74) is 5.97. The first-order chi connectivity index (χ1) is 7.56. The summed E-state index contributed by atoms with van der Waals surface area (Å²) in [6.07, 6.45) is 0. The molecule has 0 radical (unpaired) electrons. The van der Waals surface area contributed by atoms with Gasteiger partial charge in [0.15, 0.2) is 5.82 Å². The van der Waals surface area contributed by atoms with Crippen LogP contribution in [0, 0.1) is 5.92 Å². The Kier molecular flexibility index (Phi) is 3.25. The lowest BCUT2D eigenvalue weighted by atomic mass is 10.1. The molecule has 1 aromatic heterocycles. The quantitative estimate of drug-likeness (QED) is 0.828. The van der Waals surface area contributed by atoms with Crippen molar-refractivity contribution in [1.82, 2.24) is 15.0 Å². The van der Waals surface area contributed by atoms with Crippen LogP contribution in [0.15, 0.2) is 4.52 Å². The Morgan fingerprint density at radius 3 is 2.75 bits per heavy atom. The number of hydrogen-bond acceptors (Lipinski definition) is 5. The molecule has 1 aliphatic rings. The highest BCUT2D eigenvalue weighted by Crippen LogP contribution is 2.17. The van der Waals surface area contributed by atoms with Crippen molar-refractivity contribution in [2.45, 2.75) is 39.3 Å². The van der Waals surface area contributed by atoms with Gasteiger partial charge in [0.05, 0.1) is 6.54 Å². The molecule has 2 unspecified atom stereocenters. The predicted molar refractivity (Wildman–Crippen MR) is 60.8 cm³/mol. The second-order valence-corrected chi connectivity index (χ2v) is 5.04. The molecule has 1 saturated heterocycles. The summed E-state index contributed by atoms with van der Waals surface area (Å²) in [4.78, 5) is 6.65. The average molecular weight is 224 g/mol. The number of likely N-dealkylation sites (tertiary alicyclic amines) is 1.